The van der Waals surface area contributed by atoms with Crippen LogP contribution in [-0.4, -0.2) is 30.7 Å². The number of hydrogen-bond donors (Lipinski definition) is 1. The molecule has 1 aromatic rings. The number of aryl methyl sites for hydroxylation is 1. The minimum Gasteiger partial charge on any atom is -0.351 e. The highest BCUT2D eigenvalue weighted by Gasteiger charge is 2.24. The Bertz CT molecular complexity index is 434. The number of nitrogens with one attached hydrogen (secondary N) is 1. The molecule has 0 radical (unpaired) electrons. The normalized spacial score (nSPS) is 19.6. The van der Waals surface area contributed by atoms with Crippen molar-refractivity contribution in [3.05, 3.63) is 22.3 Å². The van der Waals surface area contributed by atoms with E-state index in [1.54, 1.807) is 0 Å². The highest BCUT2D eigenvalue weighted by Crippen LogP contribution is 2.29. The van der Waals surface area contributed by atoms with E-state index >= 15 is 0 Å². The molecule has 0 amide bonds. The van der Waals surface area contributed by atoms with E-state index in [-0.39, 0.29) is 0 Å². The van der Waals surface area contributed by atoms with E-state index in [2.05, 4.69) is 58.0 Å². The Morgan fingerprint density at radius 1 is 1.45 bits per heavy atom. The number of piperidine rings is 1. The van der Waals surface area contributed by atoms with E-state index in [1.807, 2.05) is 6.20 Å². The molecule has 1 atom stereocenters. The van der Waals surface area contributed by atoms with Gasteiger partial charge in [0, 0.05) is 25.3 Å². The average Bonchev–Trinajstić information content (AvgIpc) is 2.39. The van der Waals surface area contributed by atoms with Gasteiger partial charge < -0.3 is 10.2 Å². The van der Waals surface area contributed by atoms with Crippen molar-refractivity contribution >= 4 is 21.7 Å². The third-order valence-corrected chi connectivity index (χ3v) is 4.37. The van der Waals surface area contributed by atoms with Crippen LogP contribution in [0.1, 0.15) is 38.7 Å². The smallest absolute Gasteiger partial charge is 0.143 e. The molecule has 112 valence electrons. The van der Waals surface area contributed by atoms with Gasteiger partial charge in [-0.3, -0.25) is 0 Å². The molecule has 0 aromatic carbocycles. The summed E-state index contributed by atoms with van der Waals surface area (Å²) in [5.74, 6) is 1.81. The largest absolute Gasteiger partial charge is 0.351 e. The number of aromatic nitrogens is 1. The van der Waals surface area contributed by atoms with Gasteiger partial charge in [-0.2, -0.15) is 0 Å². The Balaban J connectivity index is 2.06. The van der Waals surface area contributed by atoms with Crippen LogP contribution in [0.3, 0.4) is 0 Å². The lowest BCUT2D eigenvalue weighted by molar-refractivity contribution is 0.420. The Morgan fingerprint density at radius 2 is 2.25 bits per heavy atom. The lowest BCUT2D eigenvalue weighted by Gasteiger charge is -2.37. The van der Waals surface area contributed by atoms with Crippen molar-refractivity contribution in [1.29, 1.82) is 0 Å². The van der Waals surface area contributed by atoms with E-state index in [0.29, 0.717) is 12.0 Å². The average molecular weight is 340 g/mol. The quantitative estimate of drug-likeness (QED) is 0.885. The second-order valence-corrected chi connectivity index (χ2v) is 7.07. The Kier molecular flexibility index (Phi) is 5.85. The van der Waals surface area contributed by atoms with Gasteiger partial charge in [0.15, 0.2) is 0 Å². The fourth-order valence-corrected chi connectivity index (χ4v) is 3.46. The van der Waals surface area contributed by atoms with Gasteiger partial charge >= 0.3 is 0 Å². The summed E-state index contributed by atoms with van der Waals surface area (Å²) in [6, 6.07) is 2.73. The predicted octanol–water partition coefficient (Wildman–Crippen LogP) is 3.76. The number of nitrogens with zero attached hydrogens (tertiary/aromatic N) is 2. The van der Waals surface area contributed by atoms with E-state index in [9.17, 15) is 0 Å². The van der Waals surface area contributed by atoms with Crippen LogP contribution in [0.25, 0.3) is 0 Å². The predicted molar refractivity (Wildman–Crippen MR) is 89.4 cm³/mol. The molecule has 1 N–H and O–H groups in total. The molecule has 0 aliphatic carbocycles. The van der Waals surface area contributed by atoms with Crippen molar-refractivity contribution in [3.8, 4) is 0 Å². The summed E-state index contributed by atoms with van der Waals surface area (Å²) < 4.78 is 1.12. The molecule has 3 nitrogen and oxygen atoms in total. The second-order valence-electron chi connectivity index (χ2n) is 6.21. The van der Waals surface area contributed by atoms with Crippen LogP contribution in [0.4, 0.5) is 5.82 Å². The molecule has 0 bridgehead atoms. The number of halogens is 1. The van der Waals surface area contributed by atoms with Gasteiger partial charge in [0.2, 0.25) is 0 Å². The Morgan fingerprint density at radius 3 is 2.95 bits per heavy atom. The molecule has 1 fully saturated rings. The molecule has 1 aliphatic rings. The standard InChI is InChI=1S/C16H26BrN3/c1-12(2)9-18-11-14-6-4-5-7-20(14)16-15(17)8-13(3)10-19-16/h8,10,12,14,18H,4-7,9,11H2,1-3H3. The molecular weight excluding hydrogens is 314 g/mol. The minimum atomic E-state index is 0.564. The zero-order valence-corrected chi connectivity index (χ0v) is 14.4. The van der Waals surface area contributed by atoms with Crippen molar-refractivity contribution < 1.29 is 0 Å². The van der Waals surface area contributed by atoms with Gasteiger partial charge in [0.25, 0.3) is 0 Å². The van der Waals surface area contributed by atoms with Crippen molar-refractivity contribution in [3.63, 3.8) is 0 Å². The number of anilines is 1. The summed E-state index contributed by atoms with van der Waals surface area (Å²) in [6.45, 7) is 9.85. The summed E-state index contributed by atoms with van der Waals surface area (Å²) in [5, 5.41) is 3.60. The van der Waals surface area contributed by atoms with E-state index in [0.717, 1.165) is 29.9 Å². The van der Waals surface area contributed by atoms with Crippen LogP contribution in [0, 0.1) is 12.8 Å². The zero-order chi connectivity index (χ0) is 14.5. The number of hydrogen-bond acceptors (Lipinski definition) is 3. The maximum Gasteiger partial charge on any atom is 0.143 e. The first-order valence-corrected chi connectivity index (χ1v) is 8.46. The molecular formula is C16H26BrN3. The molecule has 1 aromatic heterocycles. The molecule has 0 saturated carbocycles. The highest BCUT2D eigenvalue weighted by atomic mass is 79.9. The highest BCUT2D eigenvalue weighted by molar-refractivity contribution is 9.10. The molecule has 1 unspecified atom stereocenters. The van der Waals surface area contributed by atoms with Gasteiger partial charge in [-0.1, -0.05) is 13.8 Å². The molecule has 0 spiro atoms. The van der Waals surface area contributed by atoms with Crippen LogP contribution >= 0.6 is 15.9 Å². The third kappa shape index (κ3) is 4.19. The summed E-state index contributed by atoms with van der Waals surface area (Å²) in [5.41, 5.74) is 1.20. The van der Waals surface area contributed by atoms with Crippen LogP contribution in [0.15, 0.2) is 16.7 Å². The number of pyridine rings is 1. The lowest BCUT2D eigenvalue weighted by Crippen LogP contribution is -2.46. The van der Waals surface area contributed by atoms with E-state index in [1.165, 1.54) is 24.8 Å². The summed E-state index contributed by atoms with van der Waals surface area (Å²) >= 11 is 3.68. The lowest BCUT2D eigenvalue weighted by atomic mass is 10.0. The summed E-state index contributed by atoms with van der Waals surface area (Å²) in [6.07, 6.45) is 5.82. The first kappa shape index (κ1) is 15.8. The van der Waals surface area contributed by atoms with Gasteiger partial charge in [0.1, 0.15) is 5.82 Å². The zero-order valence-electron chi connectivity index (χ0n) is 12.8. The minimum absolute atomic E-state index is 0.564. The van der Waals surface area contributed by atoms with Crippen molar-refractivity contribution in [2.45, 2.75) is 46.1 Å². The van der Waals surface area contributed by atoms with Gasteiger partial charge in [-0.15, -0.1) is 0 Å². The van der Waals surface area contributed by atoms with Crippen molar-refractivity contribution in [2.24, 2.45) is 5.92 Å². The molecule has 1 aliphatic heterocycles. The first-order chi connectivity index (χ1) is 9.58. The molecule has 4 heteroatoms. The topological polar surface area (TPSA) is 28.2 Å². The maximum absolute atomic E-state index is 4.65. The molecule has 20 heavy (non-hydrogen) atoms. The van der Waals surface area contributed by atoms with Gasteiger partial charge in [0.05, 0.1) is 4.47 Å². The van der Waals surface area contributed by atoms with Crippen LogP contribution < -0.4 is 10.2 Å². The monoisotopic (exact) mass is 339 g/mol. The Labute approximate surface area is 131 Å². The van der Waals surface area contributed by atoms with E-state index < -0.39 is 0 Å². The molecule has 1 saturated heterocycles. The Hall–Kier alpha value is -0.610. The fourth-order valence-electron chi connectivity index (χ4n) is 2.77. The summed E-state index contributed by atoms with van der Waals surface area (Å²) in [4.78, 5) is 7.12. The maximum atomic E-state index is 4.65. The first-order valence-electron chi connectivity index (χ1n) is 7.67. The van der Waals surface area contributed by atoms with Crippen molar-refractivity contribution in [2.75, 3.05) is 24.5 Å². The third-order valence-electron chi connectivity index (χ3n) is 3.79. The van der Waals surface area contributed by atoms with Crippen LogP contribution in [0.5, 0.6) is 0 Å². The van der Waals surface area contributed by atoms with Gasteiger partial charge in [-0.05, 0) is 66.2 Å². The van der Waals surface area contributed by atoms with Crippen molar-refractivity contribution in [1.82, 2.24) is 10.3 Å². The molecule has 2 heterocycles. The fraction of sp³-hybridized carbons (Fsp3) is 0.688. The SMILES string of the molecule is Cc1cnc(N2CCCCC2CNCC(C)C)c(Br)c1. The van der Waals surface area contributed by atoms with Gasteiger partial charge in [-0.25, -0.2) is 4.98 Å². The number of rotatable bonds is 5. The molecule has 2 rings (SSSR count). The van der Waals surface area contributed by atoms with Crippen LogP contribution in [0.2, 0.25) is 0 Å². The second kappa shape index (κ2) is 7.41. The summed E-state index contributed by atoms with van der Waals surface area (Å²) in [7, 11) is 0. The van der Waals surface area contributed by atoms with Crippen LogP contribution in [-0.2, 0) is 0 Å². The van der Waals surface area contributed by atoms with E-state index in [4.69, 9.17) is 0 Å².